The van der Waals surface area contributed by atoms with Crippen LogP contribution in [-0.2, 0) is 4.79 Å². The smallest absolute Gasteiger partial charge is 0.286 e. The van der Waals surface area contributed by atoms with E-state index in [-0.39, 0.29) is 34.3 Å². The molecule has 0 aliphatic heterocycles. The number of ether oxygens (including phenoxy) is 1. The lowest BCUT2D eigenvalue weighted by Crippen LogP contribution is -2.17. The van der Waals surface area contributed by atoms with Crippen molar-refractivity contribution in [1.29, 1.82) is 0 Å². The summed E-state index contributed by atoms with van der Waals surface area (Å²) in [4.78, 5) is 37.7. The lowest BCUT2D eigenvalue weighted by molar-refractivity contribution is -0.385. The molecule has 0 fully saturated rings. The summed E-state index contributed by atoms with van der Waals surface area (Å²) in [6, 6.07) is 5.71. The quantitative estimate of drug-likeness (QED) is 0.328. The van der Waals surface area contributed by atoms with Crippen molar-refractivity contribution in [3.05, 3.63) is 69.0 Å². The minimum Gasteiger partial charge on any atom is -0.491 e. The van der Waals surface area contributed by atoms with E-state index in [0.717, 1.165) is 18.2 Å². The van der Waals surface area contributed by atoms with Crippen molar-refractivity contribution in [3.8, 4) is 5.75 Å². The Hall–Kier alpha value is -3.50. The molecule has 0 aliphatic carbocycles. The van der Waals surface area contributed by atoms with Crippen LogP contribution in [0.2, 0.25) is 5.02 Å². The van der Waals surface area contributed by atoms with Gasteiger partial charge < -0.3 is 20.3 Å². The molecule has 0 unspecified atom stereocenters. The van der Waals surface area contributed by atoms with Crippen molar-refractivity contribution in [2.24, 2.45) is 0 Å². The number of rotatable bonds is 9. The minimum absolute atomic E-state index is 0.0370. The largest absolute Gasteiger partial charge is 0.491 e. The monoisotopic (exact) mass is 464 g/mol. The normalized spacial score (nSPS) is 10.9. The van der Waals surface area contributed by atoms with Crippen LogP contribution in [0.25, 0.3) is 0 Å². The Bertz CT molecular complexity index is 1060. The predicted molar refractivity (Wildman–Crippen MR) is 120 cm³/mol. The Morgan fingerprint density at radius 2 is 1.97 bits per heavy atom. The van der Waals surface area contributed by atoms with E-state index in [1.165, 1.54) is 18.2 Å². The van der Waals surface area contributed by atoms with Gasteiger partial charge in [-0.3, -0.25) is 19.7 Å². The number of halogens is 2. The molecule has 32 heavy (non-hydrogen) atoms. The number of nitro benzene ring substituents is 1. The number of nitrogens with zero attached hydrogens (tertiary/aromatic N) is 2. The van der Waals surface area contributed by atoms with Gasteiger partial charge in [-0.05, 0) is 45.3 Å². The summed E-state index contributed by atoms with van der Waals surface area (Å²) >= 11 is 5.72. The lowest BCUT2D eigenvalue weighted by Gasteiger charge is -2.13. The van der Waals surface area contributed by atoms with E-state index in [1.54, 1.807) is 13.0 Å². The first-order valence-electron chi connectivity index (χ1n) is 9.46. The first-order chi connectivity index (χ1) is 15.1. The Labute approximate surface area is 189 Å². The molecular formula is C21H22ClFN4O5. The van der Waals surface area contributed by atoms with E-state index in [0.29, 0.717) is 6.54 Å². The second-order valence-electron chi connectivity index (χ2n) is 6.79. The number of hydrogen-bond donors (Lipinski definition) is 2. The number of hydrogen-bond acceptors (Lipinski definition) is 6. The topological polar surface area (TPSA) is 114 Å². The molecule has 0 atom stereocenters. The highest BCUT2D eigenvalue weighted by Gasteiger charge is 2.25. The number of carbonyl (C=O) groups is 2. The predicted octanol–water partition coefficient (Wildman–Crippen LogP) is 4.09. The Balaban J connectivity index is 2.41. The fraction of sp³-hybridized carbons (Fsp3) is 0.238. The molecule has 2 amide bonds. The molecule has 0 saturated carbocycles. The second kappa shape index (κ2) is 11.2. The molecule has 0 aliphatic rings. The van der Waals surface area contributed by atoms with Crippen LogP contribution in [0.5, 0.6) is 5.75 Å². The lowest BCUT2D eigenvalue weighted by atomic mass is 10.1. The molecule has 2 rings (SSSR count). The van der Waals surface area contributed by atoms with Crippen LogP contribution in [0.1, 0.15) is 17.3 Å². The molecular weight excluding hydrogens is 443 g/mol. The number of carbonyl (C=O) groups excluding carboxylic acids is 2. The van der Waals surface area contributed by atoms with E-state index in [9.17, 15) is 24.1 Å². The van der Waals surface area contributed by atoms with E-state index >= 15 is 0 Å². The molecule has 0 spiro atoms. The van der Waals surface area contributed by atoms with Crippen LogP contribution < -0.4 is 15.4 Å². The molecule has 0 aromatic heterocycles. The van der Waals surface area contributed by atoms with E-state index < -0.39 is 28.2 Å². The van der Waals surface area contributed by atoms with Crippen LogP contribution in [0.4, 0.5) is 21.5 Å². The summed E-state index contributed by atoms with van der Waals surface area (Å²) in [5, 5.41) is 16.3. The Morgan fingerprint density at radius 3 is 2.56 bits per heavy atom. The third-order valence-corrected chi connectivity index (χ3v) is 4.30. The molecule has 0 heterocycles. The number of nitro groups is 1. The zero-order valence-electron chi connectivity index (χ0n) is 17.6. The number of anilines is 2. The minimum atomic E-state index is -0.846. The van der Waals surface area contributed by atoms with Gasteiger partial charge in [-0.2, -0.15) is 0 Å². The van der Waals surface area contributed by atoms with Crippen molar-refractivity contribution >= 4 is 40.5 Å². The average Bonchev–Trinajstić information content (AvgIpc) is 2.71. The van der Waals surface area contributed by atoms with E-state index in [4.69, 9.17) is 16.3 Å². The summed E-state index contributed by atoms with van der Waals surface area (Å²) in [5.41, 5.74) is -0.632. The van der Waals surface area contributed by atoms with Gasteiger partial charge in [0.15, 0.2) is 0 Å². The van der Waals surface area contributed by atoms with Crippen LogP contribution in [0, 0.1) is 15.9 Å². The fourth-order valence-corrected chi connectivity index (χ4v) is 2.77. The zero-order valence-corrected chi connectivity index (χ0v) is 18.4. The van der Waals surface area contributed by atoms with Crippen LogP contribution in [0.3, 0.4) is 0 Å². The first kappa shape index (κ1) is 24.8. The average molecular weight is 465 g/mol. The van der Waals surface area contributed by atoms with Gasteiger partial charge in [0.2, 0.25) is 5.91 Å². The number of likely N-dealkylation sites (N-methyl/N-ethyl adjacent to an activating group) is 1. The van der Waals surface area contributed by atoms with Crippen LogP contribution in [0.15, 0.2) is 42.5 Å². The highest BCUT2D eigenvalue weighted by atomic mass is 35.5. The van der Waals surface area contributed by atoms with Gasteiger partial charge in [0.25, 0.3) is 11.6 Å². The molecule has 11 heteroatoms. The van der Waals surface area contributed by atoms with Crippen LogP contribution in [-0.4, -0.2) is 48.9 Å². The van der Waals surface area contributed by atoms with Crippen molar-refractivity contribution in [1.82, 2.24) is 4.90 Å². The molecule has 0 radical (unpaired) electrons. The molecule has 2 aromatic rings. The van der Waals surface area contributed by atoms with Crippen molar-refractivity contribution in [2.75, 3.05) is 37.9 Å². The second-order valence-corrected chi connectivity index (χ2v) is 7.20. The van der Waals surface area contributed by atoms with Gasteiger partial charge in [0.05, 0.1) is 28.3 Å². The third-order valence-electron chi connectivity index (χ3n) is 4.01. The molecule has 9 nitrogen and oxygen atoms in total. The highest BCUT2D eigenvalue weighted by Crippen LogP contribution is 2.34. The Morgan fingerprint density at radius 1 is 1.25 bits per heavy atom. The molecule has 0 bridgehead atoms. The maximum absolute atomic E-state index is 13.4. The number of benzene rings is 2. The molecule has 2 aromatic carbocycles. The summed E-state index contributed by atoms with van der Waals surface area (Å²) in [5.74, 6) is -1.99. The van der Waals surface area contributed by atoms with Crippen molar-refractivity contribution in [3.63, 3.8) is 0 Å². The maximum Gasteiger partial charge on any atom is 0.286 e. The maximum atomic E-state index is 13.4. The van der Waals surface area contributed by atoms with Crippen LogP contribution >= 0.6 is 11.6 Å². The Kier molecular flexibility index (Phi) is 8.68. The van der Waals surface area contributed by atoms with E-state index in [2.05, 4.69) is 10.6 Å². The van der Waals surface area contributed by atoms with Gasteiger partial charge in [0.1, 0.15) is 17.1 Å². The third kappa shape index (κ3) is 6.76. The zero-order chi connectivity index (χ0) is 23.8. The summed E-state index contributed by atoms with van der Waals surface area (Å²) in [6.45, 7) is 2.38. The van der Waals surface area contributed by atoms with Gasteiger partial charge in [-0.25, -0.2) is 4.39 Å². The summed E-state index contributed by atoms with van der Waals surface area (Å²) < 4.78 is 18.8. The van der Waals surface area contributed by atoms with E-state index in [1.807, 2.05) is 19.0 Å². The van der Waals surface area contributed by atoms with Gasteiger partial charge in [0, 0.05) is 18.3 Å². The van der Waals surface area contributed by atoms with Gasteiger partial charge in [-0.1, -0.05) is 17.7 Å². The van der Waals surface area contributed by atoms with Gasteiger partial charge in [-0.15, -0.1) is 0 Å². The highest BCUT2D eigenvalue weighted by molar-refractivity contribution is 6.31. The van der Waals surface area contributed by atoms with Gasteiger partial charge >= 0.3 is 0 Å². The van der Waals surface area contributed by atoms with Crippen molar-refractivity contribution < 1.29 is 23.6 Å². The standard InChI is InChI=1S/C21H22ClFN4O5/c1-4-32-19-12-18(27(30)31)14(11-17(19)25-20(28)6-5-9-26(2)3)21(29)24-13-7-8-16(23)15(22)10-13/h5-8,10-12H,4,9H2,1-3H3,(H,24,29)(H,25,28)/b6-5+. The fourth-order valence-electron chi connectivity index (χ4n) is 2.59. The summed E-state index contributed by atoms with van der Waals surface area (Å²) in [7, 11) is 3.68. The SMILES string of the molecule is CCOc1cc([N+](=O)[O-])c(C(=O)Nc2ccc(F)c(Cl)c2)cc1NC(=O)/C=C/CN(C)C. The molecule has 2 N–H and O–H groups in total. The first-order valence-corrected chi connectivity index (χ1v) is 9.84. The molecule has 170 valence electrons. The number of nitrogens with one attached hydrogen (secondary N) is 2. The molecule has 0 saturated heterocycles. The van der Waals surface area contributed by atoms with Crippen molar-refractivity contribution in [2.45, 2.75) is 6.92 Å². The summed E-state index contributed by atoms with van der Waals surface area (Å²) in [6.07, 6.45) is 2.93. The number of amides is 2.